The summed E-state index contributed by atoms with van der Waals surface area (Å²) in [6, 6.07) is 4.04. The van der Waals surface area contributed by atoms with Crippen molar-refractivity contribution >= 4 is 66.0 Å². The average Bonchev–Trinajstić information content (AvgIpc) is 2.82. The smallest absolute Gasteiger partial charge is 0.0672 e. The van der Waals surface area contributed by atoms with Crippen molar-refractivity contribution in [2.45, 2.75) is 0 Å². The Balaban J connectivity index is 2.72. The molecule has 0 saturated heterocycles. The molecule has 0 bridgehead atoms. The van der Waals surface area contributed by atoms with E-state index in [0.29, 0.717) is 0 Å². The van der Waals surface area contributed by atoms with Crippen molar-refractivity contribution in [3.05, 3.63) is 32.9 Å². The highest BCUT2D eigenvalue weighted by Gasteiger charge is 2.12. The maximum Gasteiger partial charge on any atom is 0.0672 e. The lowest BCUT2D eigenvalue weighted by Gasteiger charge is -2.00. The van der Waals surface area contributed by atoms with Crippen LogP contribution in [0.2, 0.25) is 10.0 Å². The quantitative estimate of drug-likeness (QED) is 0.505. The summed E-state index contributed by atoms with van der Waals surface area (Å²) in [4.78, 5) is 0. The van der Waals surface area contributed by atoms with Crippen LogP contribution in [0.4, 0.5) is 0 Å². The Kier molecular flexibility index (Phi) is 1.99. The van der Waals surface area contributed by atoms with Crippen molar-refractivity contribution in [1.82, 2.24) is 0 Å². The number of halogens is 2. The zero-order valence-corrected chi connectivity index (χ0v) is 10.0. The lowest BCUT2D eigenvalue weighted by Crippen LogP contribution is -1.71. The molecule has 0 N–H and O–H groups in total. The molecule has 0 nitrogen and oxygen atoms in total. The Bertz CT molecular complexity index is 519. The Morgan fingerprint density at radius 2 is 1.21 bits per heavy atom. The average molecular weight is 259 g/mol. The van der Waals surface area contributed by atoms with E-state index in [-0.39, 0.29) is 0 Å². The van der Waals surface area contributed by atoms with Crippen LogP contribution in [0.15, 0.2) is 22.9 Å². The summed E-state index contributed by atoms with van der Waals surface area (Å²) in [5.74, 6) is 0. The molecule has 0 aliphatic carbocycles. The molecule has 0 radical (unpaired) electrons. The van der Waals surface area contributed by atoms with Gasteiger partial charge in [0, 0.05) is 10.8 Å². The molecular formula is C10H4Cl2S2. The molecule has 4 heteroatoms. The number of hydrogen-bond acceptors (Lipinski definition) is 2. The Hall–Kier alpha value is -0.280. The summed E-state index contributed by atoms with van der Waals surface area (Å²) in [7, 11) is 0. The standard InChI is InChI=1S/C10H4Cl2S2/c11-7-5-1-3-13-9(5)8(12)6-2-4-14-10(6)7/h1-4H. The summed E-state index contributed by atoms with van der Waals surface area (Å²) < 4.78 is 2.17. The molecule has 3 aromatic rings. The first-order chi connectivity index (χ1) is 6.79. The molecule has 0 unspecified atom stereocenters. The van der Waals surface area contributed by atoms with Crippen molar-refractivity contribution in [2.75, 3.05) is 0 Å². The van der Waals surface area contributed by atoms with Crippen molar-refractivity contribution in [2.24, 2.45) is 0 Å². The maximum atomic E-state index is 6.29. The molecular weight excluding hydrogens is 255 g/mol. The van der Waals surface area contributed by atoms with E-state index in [0.717, 1.165) is 30.2 Å². The molecule has 14 heavy (non-hydrogen) atoms. The van der Waals surface area contributed by atoms with E-state index in [1.807, 2.05) is 22.9 Å². The summed E-state index contributed by atoms with van der Waals surface area (Å²) in [5.41, 5.74) is 0. The van der Waals surface area contributed by atoms with Crippen LogP contribution in [0.25, 0.3) is 20.2 Å². The highest BCUT2D eigenvalue weighted by Crippen LogP contribution is 2.43. The first-order valence-electron chi connectivity index (χ1n) is 4.00. The van der Waals surface area contributed by atoms with Gasteiger partial charge in [-0.3, -0.25) is 0 Å². The number of rotatable bonds is 0. The molecule has 0 amide bonds. The van der Waals surface area contributed by atoms with Crippen molar-refractivity contribution < 1.29 is 0 Å². The summed E-state index contributed by atoms with van der Waals surface area (Å²) in [6.07, 6.45) is 0. The van der Waals surface area contributed by atoms with Gasteiger partial charge in [0.1, 0.15) is 0 Å². The zero-order valence-electron chi connectivity index (χ0n) is 6.88. The van der Waals surface area contributed by atoms with Crippen LogP contribution in [0, 0.1) is 0 Å². The first-order valence-corrected chi connectivity index (χ1v) is 6.52. The van der Waals surface area contributed by atoms with E-state index in [2.05, 4.69) is 0 Å². The van der Waals surface area contributed by atoms with E-state index >= 15 is 0 Å². The fourth-order valence-electron chi connectivity index (χ4n) is 1.55. The monoisotopic (exact) mass is 258 g/mol. The molecule has 3 rings (SSSR count). The van der Waals surface area contributed by atoms with Crippen molar-refractivity contribution in [3.63, 3.8) is 0 Å². The predicted molar refractivity (Wildman–Crippen MR) is 67.2 cm³/mol. The van der Waals surface area contributed by atoms with Gasteiger partial charge in [0.2, 0.25) is 0 Å². The van der Waals surface area contributed by atoms with Crippen molar-refractivity contribution in [3.8, 4) is 0 Å². The molecule has 0 atom stereocenters. The molecule has 0 aliphatic rings. The fraction of sp³-hybridized carbons (Fsp3) is 0. The van der Waals surface area contributed by atoms with E-state index in [1.165, 1.54) is 0 Å². The van der Waals surface area contributed by atoms with Crippen LogP contribution < -0.4 is 0 Å². The first kappa shape index (κ1) is 8.98. The molecule has 0 saturated carbocycles. The minimum absolute atomic E-state index is 0.829. The Morgan fingerprint density at radius 1 is 0.786 bits per heavy atom. The summed E-state index contributed by atoms with van der Waals surface area (Å²) in [6.45, 7) is 0. The molecule has 1 aromatic carbocycles. The van der Waals surface area contributed by atoms with Gasteiger partial charge >= 0.3 is 0 Å². The number of thiophene rings is 2. The molecule has 70 valence electrons. The van der Waals surface area contributed by atoms with Crippen LogP contribution in [-0.4, -0.2) is 0 Å². The van der Waals surface area contributed by atoms with Gasteiger partial charge in [-0.1, -0.05) is 23.2 Å². The highest BCUT2D eigenvalue weighted by molar-refractivity contribution is 7.20. The van der Waals surface area contributed by atoms with Crippen LogP contribution in [-0.2, 0) is 0 Å². The molecule has 2 aromatic heterocycles. The normalized spacial score (nSPS) is 11.6. The third kappa shape index (κ3) is 1.06. The molecule has 0 fully saturated rings. The number of benzene rings is 1. The number of hydrogen-bond donors (Lipinski definition) is 0. The molecule has 0 aliphatic heterocycles. The van der Waals surface area contributed by atoms with E-state index in [9.17, 15) is 0 Å². The van der Waals surface area contributed by atoms with Gasteiger partial charge < -0.3 is 0 Å². The Labute approximate surface area is 98.7 Å². The van der Waals surface area contributed by atoms with Crippen LogP contribution in [0.1, 0.15) is 0 Å². The number of fused-ring (bicyclic) bond motifs is 2. The lowest BCUT2D eigenvalue weighted by atomic mass is 10.2. The summed E-state index contributed by atoms with van der Waals surface area (Å²) >= 11 is 15.8. The van der Waals surface area contributed by atoms with Gasteiger partial charge in [0.05, 0.1) is 19.4 Å². The van der Waals surface area contributed by atoms with Crippen LogP contribution in [0.3, 0.4) is 0 Å². The van der Waals surface area contributed by atoms with Gasteiger partial charge in [-0.2, -0.15) is 0 Å². The largest absolute Gasteiger partial charge is 0.142 e. The van der Waals surface area contributed by atoms with E-state index in [4.69, 9.17) is 23.2 Å². The van der Waals surface area contributed by atoms with Crippen LogP contribution >= 0.6 is 45.9 Å². The van der Waals surface area contributed by atoms with Gasteiger partial charge in [-0.25, -0.2) is 0 Å². The predicted octanol–water partition coefficient (Wildman–Crippen LogP) is 5.42. The third-order valence-corrected chi connectivity index (χ3v) is 5.08. The zero-order chi connectivity index (χ0) is 9.71. The second-order valence-corrected chi connectivity index (χ2v) is 5.54. The summed E-state index contributed by atoms with van der Waals surface area (Å²) in [5, 5.41) is 7.83. The van der Waals surface area contributed by atoms with Gasteiger partial charge in [-0.05, 0) is 22.9 Å². The van der Waals surface area contributed by atoms with Gasteiger partial charge in [0.15, 0.2) is 0 Å². The minimum atomic E-state index is 0.829. The van der Waals surface area contributed by atoms with E-state index < -0.39 is 0 Å². The highest BCUT2D eigenvalue weighted by atomic mass is 35.5. The maximum absolute atomic E-state index is 6.29. The molecule has 2 heterocycles. The van der Waals surface area contributed by atoms with Crippen molar-refractivity contribution in [1.29, 1.82) is 0 Å². The van der Waals surface area contributed by atoms with E-state index in [1.54, 1.807) is 22.7 Å². The van der Waals surface area contributed by atoms with Gasteiger partial charge in [0.25, 0.3) is 0 Å². The van der Waals surface area contributed by atoms with Gasteiger partial charge in [-0.15, -0.1) is 22.7 Å². The molecule has 0 spiro atoms. The fourth-order valence-corrected chi connectivity index (χ4v) is 4.15. The SMILES string of the molecule is Clc1c2ccsc2c(Cl)c2ccsc12. The second kappa shape index (κ2) is 3.11. The minimum Gasteiger partial charge on any atom is -0.142 e. The Morgan fingerprint density at radius 3 is 1.64 bits per heavy atom. The third-order valence-electron chi connectivity index (χ3n) is 2.20. The van der Waals surface area contributed by atoms with Crippen LogP contribution in [0.5, 0.6) is 0 Å². The second-order valence-electron chi connectivity index (χ2n) is 2.95. The topological polar surface area (TPSA) is 0 Å². The lowest BCUT2D eigenvalue weighted by molar-refractivity contribution is 2.02.